The highest BCUT2D eigenvalue weighted by Crippen LogP contribution is 2.19. The average molecular weight is 374 g/mol. The fraction of sp³-hybridized carbons (Fsp3) is 0.286. The molecule has 9 heteroatoms. The van der Waals surface area contributed by atoms with Gasteiger partial charge in [0.25, 0.3) is 0 Å². The van der Waals surface area contributed by atoms with Crippen molar-refractivity contribution in [3.05, 3.63) is 40.4 Å². The first-order chi connectivity index (χ1) is 10.9. The van der Waals surface area contributed by atoms with Crippen molar-refractivity contribution in [3.8, 4) is 0 Å². The summed E-state index contributed by atoms with van der Waals surface area (Å²) in [6, 6.07) is 6.83. The lowest BCUT2D eigenvalue weighted by Crippen LogP contribution is -2.16. The van der Waals surface area contributed by atoms with Crippen LogP contribution >= 0.6 is 22.9 Å². The number of halogens is 1. The molecule has 2 rings (SSSR count). The maximum atomic E-state index is 12.0. The third-order valence-electron chi connectivity index (χ3n) is 2.72. The minimum absolute atomic E-state index is 0.0389. The molecular formula is C14H16ClN3O3S2. The number of anilines is 2. The van der Waals surface area contributed by atoms with Gasteiger partial charge < -0.3 is 5.32 Å². The quantitative estimate of drug-likeness (QED) is 0.780. The minimum atomic E-state index is -3.37. The number of rotatable bonds is 7. The molecule has 0 atom stereocenters. The number of hydrogen-bond donors (Lipinski definition) is 2. The molecule has 0 bridgehead atoms. The van der Waals surface area contributed by atoms with Crippen molar-refractivity contribution in [2.45, 2.75) is 19.8 Å². The van der Waals surface area contributed by atoms with Crippen LogP contribution in [0, 0.1) is 0 Å². The second kappa shape index (κ2) is 7.76. The summed E-state index contributed by atoms with van der Waals surface area (Å²) in [7, 11) is -3.37. The molecule has 23 heavy (non-hydrogen) atoms. The molecule has 1 aromatic heterocycles. The van der Waals surface area contributed by atoms with Gasteiger partial charge in [0.1, 0.15) is 0 Å². The summed E-state index contributed by atoms with van der Waals surface area (Å²) in [5.41, 5.74) is 1.10. The fourth-order valence-electron chi connectivity index (χ4n) is 1.82. The Morgan fingerprint density at radius 3 is 2.87 bits per heavy atom. The van der Waals surface area contributed by atoms with Gasteiger partial charge in [-0.1, -0.05) is 24.6 Å². The lowest BCUT2D eigenvalue weighted by molar-refractivity contribution is -0.115. The summed E-state index contributed by atoms with van der Waals surface area (Å²) in [6.45, 7) is 1.78. The Morgan fingerprint density at radius 1 is 1.39 bits per heavy atom. The number of amides is 1. The predicted molar refractivity (Wildman–Crippen MR) is 93.6 cm³/mol. The van der Waals surface area contributed by atoms with E-state index in [1.807, 2.05) is 0 Å². The summed E-state index contributed by atoms with van der Waals surface area (Å²) in [5.74, 6) is -0.211. The normalized spacial score (nSPS) is 11.2. The Morgan fingerprint density at radius 2 is 2.17 bits per heavy atom. The second-order valence-electron chi connectivity index (χ2n) is 4.80. The average Bonchev–Trinajstić information content (AvgIpc) is 2.84. The summed E-state index contributed by atoms with van der Waals surface area (Å²) in [4.78, 5) is 16.1. The number of thiazole rings is 1. The van der Waals surface area contributed by atoms with Crippen molar-refractivity contribution in [2.75, 3.05) is 15.8 Å². The molecule has 0 aliphatic rings. The van der Waals surface area contributed by atoms with Crippen LogP contribution in [0.1, 0.15) is 19.0 Å². The smallest absolute Gasteiger partial charge is 0.234 e. The Bertz CT molecular complexity index is 790. The molecule has 0 saturated carbocycles. The van der Waals surface area contributed by atoms with E-state index in [1.165, 1.54) is 0 Å². The summed E-state index contributed by atoms with van der Waals surface area (Å²) >= 11 is 7.00. The van der Waals surface area contributed by atoms with Gasteiger partial charge in [-0.3, -0.25) is 9.52 Å². The molecule has 1 amide bonds. The fourth-order valence-corrected chi connectivity index (χ4v) is 4.09. The van der Waals surface area contributed by atoms with E-state index in [9.17, 15) is 13.2 Å². The number of benzene rings is 1. The van der Waals surface area contributed by atoms with Gasteiger partial charge >= 0.3 is 0 Å². The van der Waals surface area contributed by atoms with Crippen LogP contribution in [0.2, 0.25) is 5.02 Å². The Hall–Kier alpha value is -1.64. The number of nitrogens with one attached hydrogen (secondary N) is 2. The first-order valence-electron chi connectivity index (χ1n) is 6.88. The SMILES string of the molecule is CCCS(=O)(=O)Nc1nc(CC(=O)Nc2cccc(Cl)c2)cs1. The number of carbonyl (C=O) groups excluding carboxylic acids is 1. The highest BCUT2D eigenvalue weighted by atomic mass is 35.5. The van der Waals surface area contributed by atoms with E-state index in [-0.39, 0.29) is 23.2 Å². The molecule has 0 aliphatic carbocycles. The third-order valence-corrected chi connectivity index (χ3v) is 5.34. The zero-order chi connectivity index (χ0) is 16.9. The van der Waals surface area contributed by atoms with E-state index in [4.69, 9.17) is 11.6 Å². The first kappa shape index (κ1) is 17.7. The van der Waals surface area contributed by atoms with E-state index in [0.717, 1.165) is 11.3 Å². The van der Waals surface area contributed by atoms with Crippen LogP contribution in [-0.4, -0.2) is 25.1 Å². The number of carbonyl (C=O) groups is 1. The minimum Gasteiger partial charge on any atom is -0.326 e. The van der Waals surface area contributed by atoms with Crippen LogP contribution < -0.4 is 10.0 Å². The van der Waals surface area contributed by atoms with Gasteiger partial charge in [-0.25, -0.2) is 13.4 Å². The van der Waals surface area contributed by atoms with Crippen molar-refractivity contribution in [1.29, 1.82) is 0 Å². The van der Waals surface area contributed by atoms with Gasteiger partial charge in [-0.05, 0) is 24.6 Å². The summed E-state index contributed by atoms with van der Waals surface area (Å²) in [5, 5.41) is 5.16. The molecule has 0 aliphatic heterocycles. The van der Waals surface area contributed by atoms with Gasteiger partial charge in [0.15, 0.2) is 5.13 Å². The zero-order valence-corrected chi connectivity index (χ0v) is 14.8. The van der Waals surface area contributed by atoms with Gasteiger partial charge in [-0.2, -0.15) is 0 Å². The van der Waals surface area contributed by atoms with Crippen LogP contribution in [-0.2, 0) is 21.2 Å². The zero-order valence-electron chi connectivity index (χ0n) is 12.4. The number of sulfonamides is 1. The van der Waals surface area contributed by atoms with Gasteiger partial charge in [0, 0.05) is 16.1 Å². The molecule has 2 N–H and O–H groups in total. The van der Waals surface area contributed by atoms with E-state index in [2.05, 4.69) is 15.0 Å². The van der Waals surface area contributed by atoms with Crippen molar-refractivity contribution in [3.63, 3.8) is 0 Å². The van der Waals surface area contributed by atoms with Crippen LogP contribution in [0.15, 0.2) is 29.6 Å². The number of nitrogens with zero attached hydrogens (tertiary/aromatic N) is 1. The molecule has 1 heterocycles. The lowest BCUT2D eigenvalue weighted by Gasteiger charge is -2.04. The van der Waals surface area contributed by atoms with E-state index in [0.29, 0.717) is 22.8 Å². The third kappa shape index (κ3) is 5.81. The highest BCUT2D eigenvalue weighted by molar-refractivity contribution is 7.92. The molecule has 0 fully saturated rings. The Kier molecular flexibility index (Phi) is 5.97. The van der Waals surface area contributed by atoms with Gasteiger partial charge in [0.05, 0.1) is 17.9 Å². The largest absolute Gasteiger partial charge is 0.326 e. The molecule has 6 nitrogen and oxygen atoms in total. The predicted octanol–water partition coefficient (Wildman–Crippen LogP) is 3.13. The lowest BCUT2D eigenvalue weighted by atomic mass is 10.3. The Labute approximate surface area is 143 Å². The number of aromatic nitrogens is 1. The standard InChI is InChI=1S/C14H16ClN3O3S2/c1-2-6-23(20,21)18-14-17-12(9-22-14)8-13(19)16-11-5-3-4-10(15)7-11/h3-5,7,9H,2,6,8H2,1H3,(H,16,19)(H,17,18). The molecular weight excluding hydrogens is 358 g/mol. The number of hydrogen-bond acceptors (Lipinski definition) is 5. The summed E-state index contributed by atoms with van der Waals surface area (Å²) in [6.07, 6.45) is 0.578. The molecule has 0 spiro atoms. The van der Waals surface area contributed by atoms with Crippen molar-refractivity contribution in [1.82, 2.24) is 4.98 Å². The Balaban J connectivity index is 1.95. The van der Waals surface area contributed by atoms with Crippen LogP contribution in [0.3, 0.4) is 0 Å². The molecule has 0 radical (unpaired) electrons. The second-order valence-corrected chi connectivity index (χ2v) is 7.94. The molecule has 1 aromatic carbocycles. The topological polar surface area (TPSA) is 88.2 Å². The van der Waals surface area contributed by atoms with E-state index < -0.39 is 10.0 Å². The van der Waals surface area contributed by atoms with Crippen LogP contribution in [0.4, 0.5) is 10.8 Å². The van der Waals surface area contributed by atoms with Crippen molar-refractivity contribution >= 4 is 49.7 Å². The molecule has 124 valence electrons. The molecule has 0 unspecified atom stereocenters. The van der Waals surface area contributed by atoms with Gasteiger partial charge in [0.2, 0.25) is 15.9 Å². The van der Waals surface area contributed by atoms with Gasteiger partial charge in [-0.15, -0.1) is 11.3 Å². The van der Waals surface area contributed by atoms with E-state index >= 15 is 0 Å². The summed E-state index contributed by atoms with van der Waals surface area (Å²) < 4.78 is 25.7. The maximum absolute atomic E-state index is 12.0. The van der Waals surface area contributed by atoms with Crippen LogP contribution in [0.5, 0.6) is 0 Å². The van der Waals surface area contributed by atoms with Crippen LogP contribution in [0.25, 0.3) is 0 Å². The van der Waals surface area contributed by atoms with E-state index in [1.54, 1.807) is 36.6 Å². The van der Waals surface area contributed by atoms with Crippen molar-refractivity contribution < 1.29 is 13.2 Å². The maximum Gasteiger partial charge on any atom is 0.234 e. The highest BCUT2D eigenvalue weighted by Gasteiger charge is 2.13. The molecule has 2 aromatic rings. The monoisotopic (exact) mass is 373 g/mol. The molecule has 0 saturated heterocycles. The van der Waals surface area contributed by atoms with Crippen molar-refractivity contribution in [2.24, 2.45) is 0 Å². The first-order valence-corrected chi connectivity index (χ1v) is 9.79.